The third-order valence-corrected chi connectivity index (χ3v) is 18.2. The number of benzene rings is 1. The summed E-state index contributed by atoms with van der Waals surface area (Å²) in [6.07, 6.45) is 3.75. The Bertz CT molecular complexity index is 3960. The number of aryl methyl sites for hydroxylation is 2. The normalized spacial score (nSPS) is 15.7. The van der Waals surface area contributed by atoms with Crippen LogP contribution in [-0.4, -0.2) is 187 Å². The number of amides is 3. The second-order valence-electron chi connectivity index (χ2n) is 32.2. The fourth-order valence-corrected chi connectivity index (χ4v) is 13.5. The molecule has 3 aliphatic rings. The van der Waals surface area contributed by atoms with E-state index < -0.39 is 76.2 Å². The standard InChI is InChI=1S/C81H117N9O14/c1-23-26-34-90-76(97)72-52(9)62-40-63-57(25-3)49(6)59(83-63)41-64-71(53(10)99-37-27-24-2)51(8)61(84-64)39-60-50(7)58(74(85-60)73(77(90)98)75(72)86-62)32-33-65(91)82-55-30-28-54(29-31-55)38-56(89(46-69(95)103-80(17,18)19)47-70(96)104-81(20,21)22)42-87(44-67(93)101-78(11,12)13)35-36-88(43-66(92)100-48(4)5)45-68(94)102-79(14,15)16/h28-31,39-41,48,50,53,56,58,84,86H,23-27,32-38,42-47H2,1-22H3,(H,82,91)/t50-,53?,56?,58-/m0/s1. The molecule has 7 rings (SSSR count). The van der Waals surface area contributed by atoms with E-state index in [1.54, 1.807) is 124 Å². The molecule has 0 radical (unpaired) electrons. The van der Waals surface area contributed by atoms with Crippen molar-refractivity contribution in [1.82, 2.24) is 39.5 Å². The maximum absolute atomic E-state index is 15.3. The lowest BCUT2D eigenvalue weighted by atomic mass is 9.84. The van der Waals surface area contributed by atoms with E-state index in [2.05, 4.69) is 62.9 Å². The Hall–Kier alpha value is -8.12. The number of nitrogens with zero attached hydrogens (tertiary/aromatic N) is 6. The van der Waals surface area contributed by atoms with Gasteiger partial charge >= 0.3 is 29.8 Å². The lowest BCUT2D eigenvalue weighted by Crippen LogP contribution is -2.52. The van der Waals surface area contributed by atoms with Crippen LogP contribution in [0.4, 0.5) is 5.69 Å². The molecule has 0 aliphatic carbocycles. The fraction of sp³-hybridized carbons (Fsp3) is 0.605. The maximum Gasteiger partial charge on any atom is 0.320 e. The number of hydrogen-bond acceptors (Lipinski definition) is 19. The number of carbonyl (C=O) groups excluding carboxylic acids is 8. The van der Waals surface area contributed by atoms with Crippen LogP contribution in [0.2, 0.25) is 0 Å². The van der Waals surface area contributed by atoms with E-state index in [1.165, 1.54) is 4.90 Å². The SMILES string of the molecule is CCCCOC(C)c1c(C)c2cc3nc(c4c5[nH]c(cc6nc(cc1[nH]2)C(C)=C6CC)c(C)c5C(=O)N(CCCC)C4=O)[C@@H](CCC(=O)Nc1ccc(CC(CN(CCN(CC(=O)OC(C)C)CC(=O)OC(C)(C)C)CC(=O)OC(C)(C)C)N(CC(=O)OC(C)(C)C)CC(=O)OC(C)(C)C)cc1)[C@@H]3C. The third-order valence-electron chi connectivity index (χ3n) is 18.2. The van der Waals surface area contributed by atoms with E-state index in [-0.39, 0.29) is 102 Å². The van der Waals surface area contributed by atoms with Gasteiger partial charge in [0.05, 0.1) is 78.7 Å². The number of unbranched alkanes of at least 4 members (excludes halogenated alkanes) is 2. The summed E-state index contributed by atoms with van der Waals surface area (Å²) in [6, 6.07) is 12.6. The summed E-state index contributed by atoms with van der Waals surface area (Å²) in [7, 11) is 0. The van der Waals surface area contributed by atoms with Crippen molar-refractivity contribution in [2.75, 3.05) is 70.8 Å². The van der Waals surface area contributed by atoms with E-state index in [1.807, 2.05) is 38.1 Å². The highest BCUT2D eigenvalue weighted by Crippen LogP contribution is 2.45. The predicted molar refractivity (Wildman–Crippen MR) is 405 cm³/mol. The van der Waals surface area contributed by atoms with Crippen molar-refractivity contribution in [2.24, 2.45) is 0 Å². The van der Waals surface area contributed by atoms with E-state index in [9.17, 15) is 33.6 Å². The Labute approximate surface area is 615 Å². The number of esters is 5. The molecule has 1 aromatic carbocycles. The summed E-state index contributed by atoms with van der Waals surface area (Å²) >= 11 is 0. The van der Waals surface area contributed by atoms with Crippen LogP contribution in [0.25, 0.3) is 33.2 Å². The molecule has 2 unspecified atom stereocenters. The lowest BCUT2D eigenvalue weighted by Gasteiger charge is -2.36. The highest BCUT2D eigenvalue weighted by molar-refractivity contribution is 6.23. The summed E-state index contributed by atoms with van der Waals surface area (Å²) in [5.74, 6) is -4.83. The molecule has 8 bridgehead atoms. The van der Waals surface area contributed by atoms with Crippen molar-refractivity contribution >= 4 is 86.5 Å². The van der Waals surface area contributed by atoms with Gasteiger partial charge < -0.3 is 43.7 Å². The zero-order chi connectivity index (χ0) is 77.1. The number of rotatable bonds is 32. The van der Waals surface area contributed by atoms with Crippen molar-refractivity contribution < 1.29 is 66.8 Å². The molecule has 4 aromatic rings. The Kier molecular flexibility index (Phi) is 28.2. The van der Waals surface area contributed by atoms with Gasteiger partial charge in [0.25, 0.3) is 11.8 Å². The number of imide groups is 1. The summed E-state index contributed by atoms with van der Waals surface area (Å²) in [4.78, 5) is 138. The fourth-order valence-electron chi connectivity index (χ4n) is 13.5. The first kappa shape index (κ1) is 83.2. The molecule has 4 atom stereocenters. The topological polar surface area (TPSA) is 274 Å². The van der Waals surface area contributed by atoms with Crippen molar-refractivity contribution in [1.29, 1.82) is 0 Å². The molecule has 0 saturated carbocycles. The highest BCUT2D eigenvalue weighted by atomic mass is 16.6. The van der Waals surface area contributed by atoms with Gasteiger partial charge in [0, 0.05) is 90.6 Å². The zero-order valence-corrected chi connectivity index (χ0v) is 66.1. The molecule has 0 fully saturated rings. The van der Waals surface area contributed by atoms with E-state index in [0.717, 1.165) is 69.5 Å². The average molecular weight is 1440 g/mol. The van der Waals surface area contributed by atoms with E-state index in [0.29, 0.717) is 64.2 Å². The van der Waals surface area contributed by atoms with Gasteiger partial charge in [-0.05, 0) is 215 Å². The Balaban J connectivity index is 1.28. The van der Waals surface area contributed by atoms with Crippen LogP contribution < -0.4 is 5.32 Å². The Morgan fingerprint density at radius 2 is 1.15 bits per heavy atom. The number of fused-ring (bicyclic) bond motifs is 8. The molecular weight excluding hydrogens is 1320 g/mol. The van der Waals surface area contributed by atoms with Crippen molar-refractivity contribution in [3.8, 4) is 0 Å². The van der Waals surface area contributed by atoms with E-state index >= 15 is 4.79 Å². The van der Waals surface area contributed by atoms with Gasteiger partial charge in [0.1, 0.15) is 22.4 Å². The summed E-state index contributed by atoms with van der Waals surface area (Å²) in [5.41, 5.74) is 8.77. The molecule has 0 spiro atoms. The zero-order valence-electron chi connectivity index (χ0n) is 66.1. The van der Waals surface area contributed by atoms with Gasteiger partial charge in [-0.25, -0.2) is 4.98 Å². The average Bonchev–Trinajstić information content (AvgIpc) is 1.56. The number of aromatic nitrogens is 4. The van der Waals surface area contributed by atoms with E-state index in [4.69, 9.17) is 38.4 Å². The molecule has 23 heteroatoms. The first-order chi connectivity index (χ1) is 48.6. The largest absolute Gasteiger partial charge is 0.462 e. The first-order valence-corrected chi connectivity index (χ1v) is 37.2. The number of aromatic amines is 2. The Morgan fingerprint density at radius 1 is 0.625 bits per heavy atom. The number of carbonyl (C=O) groups is 8. The minimum atomic E-state index is -0.887. The van der Waals surface area contributed by atoms with Crippen LogP contribution in [0, 0.1) is 13.8 Å². The van der Waals surface area contributed by atoms with Crippen LogP contribution in [0.15, 0.2) is 42.5 Å². The van der Waals surface area contributed by atoms with Gasteiger partial charge in [0.2, 0.25) is 5.91 Å². The van der Waals surface area contributed by atoms with Crippen LogP contribution in [0.5, 0.6) is 0 Å². The minimum Gasteiger partial charge on any atom is -0.462 e. The number of nitrogens with one attached hydrogen (secondary N) is 3. The smallest absolute Gasteiger partial charge is 0.320 e. The van der Waals surface area contributed by atoms with Gasteiger partial charge in [-0.15, -0.1) is 0 Å². The molecule has 3 N–H and O–H groups in total. The van der Waals surface area contributed by atoms with Crippen LogP contribution >= 0.6 is 0 Å². The highest BCUT2D eigenvalue weighted by Gasteiger charge is 2.42. The van der Waals surface area contributed by atoms with Crippen LogP contribution in [0.3, 0.4) is 0 Å². The van der Waals surface area contributed by atoms with Crippen molar-refractivity contribution in [2.45, 2.75) is 256 Å². The molecule has 0 saturated heterocycles. The molecular formula is C81H117N9O14. The number of anilines is 1. The second-order valence-corrected chi connectivity index (χ2v) is 32.2. The number of hydrogen-bond donors (Lipinski definition) is 3. The lowest BCUT2D eigenvalue weighted by molar-refractivity contribution is -0.162. The van der Waals surface area contributed by atoms with Gasteiger partial charge in [-0.2, -0.15) is 0 Å². The number of H-pyrrole nitrogens is 2. The first-order valence-electron chi connectivity index (χ1n) is 37.2. The molecule has 3 amide bonds. The van der Waals surface area contributed by atoms with Crippen molar-refractivity contribution in [3.05, 3.63) is 98.6 Å². The Morgan fingerprint density at radius 3 is 1.71 bits per heavy atom. The van der Waals surface area contributed by atoms with Crippen LogP contribution in [0.1, 0.15) is 267 Å². The molecule has 3 aromatic heterocycles. The summed E-state index contributed by atoms with van der Waals surface area (Å²) < 4.78 is 35.3. The molecule has 104 heavy (non-hydrogen) atoms. The molecule has 570 valence electrons. The summed E-state index contributed by atoms with van der Waals surface area (Å²) in [6.45, 7) is 40.4. The quantitative estimate of drug-likeness (QED) is 0.0177. The monoisotopic (exact) mass is 1440 g/mol. The molecule has 6 heterocycles. The maximum atomic E-state index is 15.3. The van der Waals surface area contributed by atoms with Gasteiger partial charge in [-0.3, -0.25) is 62.9 Å². The van der Waals surface area contributed by atoms with Crippen molar-refractivity contribution in [3.63, 3.8) is 0 Å². The summed E-state index contributed by atoms with van der Waals surface area (Å²) in [5, 5.41) is 3.11. The minimum absolute atomic E-state index is 0.0217. The van der Waals surface area contributed by atoms with Crippen LogP contribution in [-0.2, 0) is 63.6 Å². The van der Waals surface area contributed by atoms with Gasteiger partial charge in [-0.1, -0.05) is 52.7 Å². The number of allylic oxidation sites excluding steroid dienone is 2. The number of ether oxygens (including phenoxy) is 6. The molecule has 3 aliphatic heterocycles. The molecule has 23 nitrogen and oxygen atoms in total. The van der Waals surface area contributed by atoms with Gasteiger partial charge in [0.15, 0.2) is 0 Å². The predicted octanol–water partition coefficient (Wildman–Crippen LogP) is 14.0. The third kappa shape index (κ3) is 23.2. The second kappa shape index (κ2) is 35.3.